The lowest BCUT2D eigenvalue weighted by molar-refractivity contribution is 0.0917. The third kappa shape index (κ3) is 7.95. The molecular weight excluding hydrogens is 324 g/mol. The Morgan fingerprint density at radius 1 is 1.00 bits per heavy atom. The summed E-state index contributed by atoms with van der Waals surface area (Å²) in [4.78, 5) is 10.4. The zero-order valence-corrected chi connectivity index (χ0v) is 17.7. The second-order valence-electron chi connectivity index (χ2n) is 7.62. The van der Waals surface area contributed by atoms with Crippen molar-refractivity contribution in [3.8, 4) is 0 Å². The molecule has 0 aliphatic heterocycles. The Morgan fingerprint density at radius 2 is 1.50 bits per heavy atom. The maximum absolute atomic E-state index is 10.4. The van der Waals surface area contributed by atoms with Crippen molar-refractivity contribution in [2.24, 2.45) is 0 Å². The molecule has 0 heterocycles. The van der Waals surface area contributed by atoms with Crippen LogP contribution in [-0.2, 0) is 4.74 Å². The van der Waals surface area contributed by atoms with E-state index in [2.05, 4.69) is 67.8 Å². The summed E-state index contributed by atoms with van der Waals surface area (Å²) in [6, 6.07) is 1.11. The van der Waals surface area contributed by atoms with Crippen LogP contribution >= 0.6 is 0 Å². The molecule has 0 rings (SSSR count). The highest BCUT2D eigenvalue weighted by atomic mass is 28.4. The summed E-state index contributed by atoms with van der Waals surface area (Å²) < 4.78 is 4.62. The van der Waals surface area contributed by atoms with Gasteiger partial charge in [-0.2, -0.15) is 0 Å². The van der Waals surface area contributed by atoms with Crippen molar-refractivity contribution in [2.45, 2.75) is 50.0 Å². The molecule has 0 amide bonds. The maximum atomic E-state index is 10.4. The summed E-state index contributed by atoms with van der Waals surface area (Å²) in [6.07, 6.45) is -0.337. The molecule has 1 N–H and O–H groups in total. The van der Waals surface area contributed by atoms with Crippen LogP contribution in [0.15, 0.2) is 36.8 Å². The summed E-state index contributed by atoms with van der Waals surface area (Å²) in [5.41, 5.74) is 8.83. The highest BCUT2D eigenvalue weighted by Crippen LogP contribution is 2.31. The van der Waals surface area contributed by atoms with E-state index in [1.165, 1.54) is 11.3 Å². The average molecular weight is 357 g/mol. The van der Waals surface area contributed by atoms with Gasteiger partial charge in [-0.1, -0.05) is 60.7 Å². The van der Waals surface area contributed by atoms with Crippen LogP contribution in [0.5, 0.6) is 0 Å². The highest BCUT2D eigenvalue weighted by molar-refractivity contribution is 7.07. The standard InChI is InChI=1S/C16H32O3Si3/c1-8-22(9-2,10-3)15-21(6,7)14-20(4,5)13-11-12-19-16(17)18/h8-10H,1-3,11-15H2,4-7H3,(H,17,18). The maximum Gasteiger partial charge on any atom is 0.505 e. The van der Waals surface area contributed by atoms with Crippen molar-refractivity contribution in [2.75, 3.05) is 6.61 Å². The summed E-state index contributed by atoms with van der Waals surface area (Å²) in [6.45, 7) is 22.1. The van der Waals surface area contributed by atoms with Crippen LogP contribution in [0, 0.1) is 0 Å². The zero-order valence-electron chi connectivity index (χ0n) is 14.7. The van der Waals surface area contributed by atoms with Crippen LogP contribution < -0.4 is 0 Å². The number of hydrogen-bond acceptors (Lipinski definition) is 2. The molecular formula is C16H32O3Si3. The first-order valence-electron chi connectivity index (χ1n) is 7.78. The van der Waals surface area contributed by atoms with Crippen LogP contribution in [0.3, 0.4) is 0 Å². The van der Waals surface area contributed by atoms with Crippen LogP contribution in [-0.4, -0.2) is 42.1 Å². The van der Waals surface area contributed by atoms with Gasteiger partial charge in [0.1, 0.15) is 8.07 Å². The number of rotatable bonds is 11. The van der Waals surface area contributed by atoms with E-state index < -0.39 is 30.4 Å². The van der Waals surface area contributed by atoms with Crippen LogP contribution in [0.25, 0.3) is 0 Å². The summed E-state index contributed by atoms with van der Waals surface area (Å²) in [5.74, 6) is 0. The van der Waals surface area contributed by atoms with Gasteiger partial charge in [-0.15, -0.1) is 19.7 Å². The Kier molecular flexibility index (Phi) is 8.35. The van der Waals surface area contributed by atoms with E-state index in [1.807, 2.05) is 0 Å². The number of hydrogen-bond donors (Lipinski definition) is 1. The predicted molar refractivity (Wildman–Crippen MR) is 104 cm³/mol. The van der Waals surface area contributed by atoms with Gasteiger partial charge in [0.2, 0.25) is 0 Å². The van der Waals surface area contributed by atoms with Gasteiger partial charge in [0.05, 0.1) is 6.61 Å². The molecule has 0 aromatic rings. The fraction of sp³-hybridized carbons (Fsp3) is 0.562. The van der Waals surface area contributed by atoms with Crippen molar-refractivity contribution in [3.63, 3.8) is 0 Å². The van der Waals surface area contributed by atoms with Gasteiger partial charge in [0.15, 0.2) is 0 Å². The Balaban J connectivity index is 4.66. The minimum atomic E-state index is -1.73. The zero-order chi connectivity index (χ0) is 17.4. The van der Waals surface area contributed by atoms with E-state index in [4.69, 9.17) is 5.11 Å². The summed E-state index contributed by atoms with van der Waals surface area (Å²) in [7, 11) is -4.44. The van der Waals surface area contributed by atoms with Gasteiger partial charge in [0.25, 0.3) is 0 Å². The number of ether oxygens (including phenoxy) is 1. The third-order valence-corrected chi connectivity index (χ3v) is 22.0. The molecule has 0 atom stereocenters. The van der Waals surface area contributed by atoms with Gasteiger partial charge >= 0.3 is 6.16 Å². The van der Waals surface area contributed by atoms with Crippen LogP contribution in [0.1, 0.15) is 6.42 Å². The van der Waals surface area contributed by atoms with E-state index in [0.29, 0.717) is 6.61 Å². The second-order valence-corrected chi connectivity index (χ2v) is 23.1. The smallest absolute Gasteiger partial charge is 0.450 e. The molecule has 0 fully saturated rings. The number of carbonyl (C=O) groups is 1. The predicted octanol–water partition coefficient (Wildman–Crippen LogP) is 5.19. The van der Waals surface area contributed by atoms with E-state index in [9.17, 15) is 4.79 Å². The van der Waals surface area contributed by atoms with Crippen molar-refractivity contribution in [1.29, 1.82) is 0 Å². The molecule has 3 nitrogen and oxygen atoms in total. The van der Waals surface area contributed by atoms with Crippen molar-refractivity contribution >= 4 is 30.4 Å². The molecule has 0 aromatic heterocycles. The first kappa shape index (κ1) is 21.1. The lowest BCUT2D eigenvalue weighted by Gasteiger charge is -2.36. The minimum absolute atomic E-state index is 0.318. The van der Waals surface area contributed by atoms with Gasteiger partial charge in [-0.25, -0.2) is 4.79 Å². The minimum Gasteiger partial charge on any atom is -0.450 e. The Labute approximate surface area is 138 Å². The molecule has 126 valence electrons. The quantitative estimate of drug-likeness (QED) is 0.315. The normalized spacial score (nSPS) is 12.5. The second kappa shape index (κ2) is 8.69. The van der Waals surface area contributed by atoms with E-state index >= 15 is 0 Å². The molecule has 0 aliphatic carbocycles. The molecule has 6 heteroatoms. The first-order valence-corrected chi connectivity index (χ1v) is 17.0. The molecule has 0 bridgehead atoms. The van der Waals surface area contributed by atoms with E-state index in [0.717, 1.165) is 12.5 Å². The SMILES string of the molecule is C=C[Si](C=C)(C=C)C[Si](C)(C)C[Si](C)(C)CCCOC(=O)O. The molecule has 0 unspecified atom stereocenters. The van der Waals surface area contributed by atoms with Crippen LogP contribution in [0.2, 0.25) is 43.6 Å². The van der Waals surface area contributed by atoms with E-state index in [-0.39, 0.29) is 0 Å². The summed E-state index contributed by atoms with van der Waals surface area (Å²) in [5, 5.41) is 8.51. The lowest BCUT2D eigenvalue weighted by atomic mass is 10.5. The highest BCUT2D eigenvalue weighted by Gasteiger charge is 2.37. The molecule has 0 saturated heterocycles. The van der Waals surface area contributed by atoms with Gasteiger partial charge in [-0.05, 0) is 6.42 Å². The Hall–Kier alpha value is -0.859. The molecule has 0 aliphatic rings. The topological polar surface area (TPSA) is 46.5 Å². The van der Waals surface area contributed by atoms with Crippen LogP contribution in [0.4, 0.5) is 4.79 Å². The molecule has 0 saturated carbocycles. The fourth-order valence-corrected chi connectivity index (χ4v) is 26.1. The van der Waals surface area contributed by atoms with Crippen molar-refractivity contribution < 1.29 is 14.6 Å². The summed E-state index contributed by atoms with van der Waals surface area (Å²) >= 11 is 0. The largest absolute Gasteiger partial charge is 0.505 e. The fourth-order valence-electron chi connectivity index (χ4n) is 3.45. The number of carboxylic acid groups (broad SMARTS) is 1. The van der Waals surface area contributed by atoms with Crippen molar-refractivity contribution in [3.05, 3.63) is 36.8 Å². The third-order valence-electron chi connectivity index (χ3n) is 4.11. The average Bonchev–Trinajstić information content (AvgIpc) is 2.40. The van der Waals surface area contributed by atoms with Gasteiger partial charge < -0.3 is 9.84 Å². The monoisotopic (exact) mass is 356 g/mol. The first-order chi connectivity index (χ1) is 10.0. The molecule has 0 spiro atoms. The Morgan fingerprint density at radius 3 is 1.91 bits per heavy atom. The Bertz CT molecular complexity index is 395. The van der Waals surface area contributed by atoms with Gasteiger partial charge in [-0.3, -0.25) is 0 Å². The van der Waals surface area contributed by atoms with Gasteiger partial charge in [0, 0.05) is 16.1 Å². The van der Waals surface area contributed by atoms with Crippen molar-refractivity contribution in [1.82, 2.24) is 0 Å². The molecule has 0 aromatic carbocycles. The molecule has 0 radical (unpaired) electrons. The van der Waals surface area contributed by atoms with E-state index in [1.54, 1.807) is 0 Å². The lowest BCUT2D eigenvalue weighted by Crippen LogP contribution is -2.46. The molecule has 22 heavy (non-hydrogen) atoms.